The zero-order valence-corrected chi connectivity index (χ0v) is 23.3. The van der Waals surface area contributed by atoms with Gasteiger partial charge in [-0.05, 0) is 74.6 Å². The quantitative estimate of drug-likeness (QED) is 0.377. The Morgan fingerprint density at radius 1 is 1.05 bits per heavy atom. The van der Waals surface area contributed by atoms with Gasteiger partial charge in [0.1, 0.15) is 23.8 Å². The molecule has 8 heteroatoms. The fourth-order valence-electron chi connectivity index (χ4n) is 4.83. The molecule has 0 spiro atoms. The van der Waals surface area contributed by atoms with Gasteiger partial charge in [0.05, 0.1) is 26.9 Å². The Kier molecular flexibility index (Phi) is 9.31. The number of methoxy groups -OCH3 is 1. The minimum Gasteiger partial charge on any atom is -0.493 e. The van der Waals surface area contributed by atoms with E-state index >= 15 is 0 Å². The zero-order valence-electron chi connectivity index (χ0n) is 23.3. The van der Waals surface area contributed by atoms with Crippen LogP contribution in [0.25, 0.3) is 0 Å². The lowest BCUT2D eigenvalue weighted by Gasteiger charge is -2.31. The average molecular weight is 524 g/mol. The third-order valence-corrected chi connectivity index (χ3v) is 7.06. The van der Waals surface area contributed by atoms with Gasteiger partial charge in [0, 0.05) is 38.6 Å². The van der Waals surface area contributed by atoms with Gasteiger partial charge in [-0.1, -0.05) is 12.1 Å². The maximum Gasteiger partial charge on any atom is 0.161 e. The zero-order chi connectivity index (χ0) is 27.1. The molecule has 3 aromatic rings. The van der Waals surface area contributed by atoms with Crippen LogP contribution < -0.4 is 14.2 Å². The third kappa shape index (κ3) is 7.28. The lowest BCUT2D eigenvalue weighted by atomic mass is 10.0. The SMILES string of the molecule is COc1cc(CN2CCOC[C@@](O)(COc3cc(C)cc(C)c3C)C2)ccc1OCCCn1ccnc1C. The van der Waals surface area contributed by atoms with Crippen LogP contribution in [0.2, 0.25) is 0 Å². The Bertz CT molecular complexity index is 1210. The summed E-state index contributed by atoms with van der Waals surface area (Å²) in [4.78, 5) is 6.46. The number of rotatable bonds is 11. The number of β-amino-alcohol motifs (C(OH)–C–C–N with tert-alkyl or cyclic N) is 1. The van der Waals surface area contributed by atoms with Gasteiger partial charge < -0.3 is 28.6 Å². The molecule has 4 rings (SSSR count). The summed E-state index contributed by atoms with van der Waals surface area (Å²) in [6.45, 7) is 12.4. The maximum atomic E-state index is 11.4. The van der Waals surface area contributed by atoms with Gasteiger partial charge in [0.25, 0.3) is 0 Å². The first-order valence-corrected chi connectivity index (χ1v) is 13.3. The molecule has 2 heterocycles. The molecule has 38 heavy (non-hydrogen) atoms. The van der Waals surface area contributed by atoms with Crippen molar-refractivity contribution >= 4 is 0 Å². The molecule has 0 aliphatic carbocycles. The van der Waals surface area contributed by atoms with Crippen LogP contribution in [0.1, 0.15) is 34.5 Å². The first-order chi connectivity index (χ1) is 18.3. The third-order valence-electron chi connectivity index (χ3n) is 7.06. The topological polar surface area (TPSA) is 78.2 Å². The summed E-state index contributed by atoms with van der Waals surface area (Å²) in [7, 11) is 1.66. The largest absolute Gasteiger partial charge is 0.493 e. The Morgan fingerprint density at radius 2 is 1.89 bits per heavy atom. The summed E-state index contributed by atoms with van der Waals surface area (Å²) >= 11 is 0. The van der Waals surface area contributed by atoms with E-state index in [-0.39, 0.29) is 13.2 Å². The van der Waals surface area contributed by atoms with E-state index in [2.05, 4.69) is 40.4 Å². The first kappa shape index (κ1) is 28.0. The van der Waals surface area contributed by atoms with Crippen molar-refractivity contribution in [2.24, 2.45) is 0 Å². The fourth-order valence-corrected chi connectivity index (χ4v) is 4.83. The molecule has 1 saturated heterocycles. The van der Waals surface area contributed by atoms with Gasteiger partial charge in [-0.15, -0.1) is 0 Å². The molecule has 0 amide bonds. The second-order valence-corrected chi connectivity index (χ2v) is 10.3. The van der Waals surface area contributed by atoms with Crippen molar-refractivity contribution in [1.29, 1.82) is 0 Å². The molecular weight excluding hydrogens is 482 g/mol. The summed E-state index contributed by atoms with van der Waals surface area (Å²) < 4.78 is 25.7. The highest BCUT2D eigenvalue weighted by atomic mass is 16.5. The van der Waals surface area contributed by atoms with Crippen molar-refractivity contribution < 1.29 is 24.1 Å². The van der Waals surface area contributed by atoms with E-state index in [0.717, 1.165) is 53.5 Å². The molecule has 206 valence electrons. The van der Waals surface area contributed by atoms with Crippen LogP contribution in [-0.2, 0) is 17.8 Å². The van der Waals surface area contributed by atoms with Gasteiger partial charge >= 0.3 is 0 Å². The van der Waals surface area contributed by atoms with Crippen molar-refractivity contribution in [3.63, 3.8) is 0 Å². The van der Waals surface area contributed by atoms with Crippen molar-refractivity contribution in [3.05, 3.63) is 70.8 Å². The van der Waals surface area contributed by atoms with E-state index in [0.29, 0.717) is 32.1 Å². The Balaban J connectivity index is 1.34. The van der Waals surface area contributed by atoms with Gasteiger partial charge in [-0.25, -0.2) is 4.98 Å². The molecule has 0 unspecified atom stereocenters. The van der Waals surface area contributed by atoms with Crippen LogP contribution in [0.5, 0.6) is 17.2 Å². The number of aliphatic hydroxyl groups is 1. The van der Waals surface area contributed by atoms with Crippen LogP contribution in [0.3, 0.4) is 0 Å². The monoisotopic (exact) mass is 523 g/mol. The van der Waals surface area contributed by atoms with Gasteiger partial charge in [-0.3, -0.25) is 4.90 Å². The molecule has 1 fully saturated rings. The van der Waals surface area contributed by atoms with Crippen molar-refractivity contribution in [2.45, 2.75) is 52.8 Å². The van der Waals surface area contributed by atoms with Gasteiger partial charge in [0.15, 0.2) is 11.5 Å². The molecular formula is C30H41N3O5. The van der Waals surface area contributed by atoms with Crippen molar-refractivity contribution in [3.8, 4) is 17.2 Å². The summed E-state index contributed by atoms with van der Waals surface area (Å²) in [5.74, 6) is 3.25. The van der Waals surface area contributed by atoms with Crippen LogP contribution in [-0.4, -0.2) is 71.8 Å². The second-order valence-electron chi connectivity index (χ2n) is 10.3. The normalized spacial score (nSPS) is 18.3. The fraction of sp³-hybridized carbons (Fsp3) is 0.500. The van der Waals surface area contributed by atoms with Crippen molar-refractivity contribution in [2.75, 3.05) is 46.6 Å². The smallest absolute Gasteiger partial charge is 0.161 e. The van der Waals surface area contributed by atoms with E-state index in [4.69, 9.17) is 18.9 Å². The molecule has 1 N–H and O–H groups in total. The Hall–Kier alpha value is -3.07. The molecule has 1 aliphatic rings. The van der Waals surface area contributed by atoms with Crippen LogP contribution in [0, 0.1) is 27.7 Å². The lowest BCUT2D eigenvalue weighted by Crippen LogP contribution is -2.48. The number of benzene rings is 2. The number of aryl methyl sites for hydroxylation is 4. The predicted molar refractivity (Wildman–Crippen MR) is 147 cm³/mol. The molecule has 0 saturated carbocycles. The van der Waals surface area contributed by atoms with E-state index in [1.165, 1.54) is 5.56 Å². The maximum absolute atomic E-state index is 11.4. The van der Waals surface area contributed by atoms with E-state index in [9.17, 15) is 5.11 Å². The summed E-state index contributed by atoms with van der Waals surface area (Å²) in [5.41, 5.74) is 3.39. The molecule has 1 atom stereocenters. The number of nitrogens with zero attached hydrogens (tertiary/aromatic N) is 3. The molecule has 1 aromatic heterocycles. The summed E-state index contributed by atoms with van der Waals surface area (Å²) in [5, 5.41) is 11.4. The van der Waals surface area contributed by atoms with E-state index in [1.54, 1.807) is 7.11 Å². The van der Waals surface area contributed by atoms with E-state index in [1.807, 2.05) is 44.4 Å². The Morgan fingerprint density at radius 3 is 2.66 bits per heavy atom. The standard InChI is InChI=1S/C30H41N3O5/c1-22-15-23(2)24(3)28(16-22)38-21-30(34)19-32(12-14-36-20-30)18-26-7-8-27(29(17-26)35-5)37-13-6-10-33-11-9-31-25(33)4/h7-9,11,15-17,34H,6,10,12-14,18-21H2,1-5H3/t30-/m1/s1. The minimum absolute atomic E-state index is 0.169. The summed E-state index contributed by atoms with van der Waals surface area (Å²) in [6, 6.07) is 10.2. The minimum atomic E-state index is -1.11. The molecule has 2 aromatic carbocycles. The highest BCUT2D eigenvalue weighted by Gasteiger charge is 2.34. The Labute approximate surface area is 226 Å². The first-order valence-electron chi connectivity index (χ1n) is 13.3. The van der Waals surface area contributed by atoms with Crippen LogP contribution in [0.15, 0.2) is 42.7 Å². The van der Waals surface area contributed by atoms with Gasteiger partial charge in [0.2, 0.25) is 0 Å². The number of hydrogen-bond donors (Lipinski definition) is 1. The number of hydrogen-bond acceptors (Lipinski definition) is 7. The van der Waals surface area contributed by atoms with Crippen LogP contribution in [0.4, 0.5) is 0 Å². The summed E-state index contributed by atoms with van der Waals surface area (Å²) in [6.07, 6.45) is 4.67. The number of imidazole rings is 1. The molecule has 1 aliphatic heterocycles. The molecule has 8 nitrogen and oxygen atoms in total. The predicted octanol–water partition coefficient (Wildman–Crippen LogP) is 4.24. The van der Waals surface area contributed by atoms with Crippen molar-refractivity contribution in [1.82, 2.24) is 14.5 Å². The highest BCUT2D eigenvalue weighted by molar-refractivity contribution is 5.43. The number of ether oxygens (including phenoxy) is 4. The molecule has 0 radical (unpaired) electrons. The van der Waals surface area contributed by atoms with Crippen LogP contribution >= 0.6 is 0 Å². The second kappa shape index (κ2) is 12.7. The lowest BCUT2D eigenvalue weighted by molar-refractivity contribution is -0.0648. The molecule has 0 bridgehead atoms. The highest BCUT2D eigenvalue weighted by Crippen LogP contribution is 2.30. The number of aromatic nitrogens is 2. The average Bonchev–Trinajstić information content (AvgIpc) is 3.20. The van der Waals surface area contributed by atoms with Gasteiger partial charge in [-0.2, -0.15) is 0 Å². The van der Waals surface area contributed by atoms with E-state index < -0.39 is 5.60 Å².